The summed E-state index contributed by atoms with van der Waals surface area (Å²) in [6.07, 6.45) is 2.29. The van der Waals surface area contributed by atoms with Crippen LogP contribution < -0.4 is 5.32 Å². The molecule has 6 heteroatoms. The number of rotatable bonds is 3. The van der Waals surface area contributed by atoms with Gasteiger partial charge in [0.25, 0.3) is 5.91 Å². The van der Waals surface area contributed by atoms with Crippen molar-refractivity contribution in [2.75, 3.05) is 25.0 Å². The number of hydrogen-bond donors (Lipinski definition) is 2. The summed E-state index contributed by atoms with van der Waals surface area (Å²) in [5.74, 6) is -0.117. The number of anilines is 1. The van der Waals surface area contributed by atoms with Crippen molar-refractivity contribution in [1.82, 2.24) is 4.90 Å². The Kier molecular flexibility index (Phi) is 4.83. The van der Waals surface area contributed by atoms with E-state index in [-0.39, 0.29) is 23.9 Å². The Morgan fingerprint density at radius 1 is 1.17 bits per heavy atom. The highest BCUT2D eigenvalue weighted by atomic mass is 19.1. The van der Waals surface area contributed by atoms with Crippen LogP contribution in [0.25, 0.3) is 11.3 Å². The summed E-state index contributed by atoms with van der Waals surface area (Å²) in [5, 5.41) is 12.5. The minimum atomic E-state index is -0.379. The van der Waals surface area contributed by atoms with Crippen molar-refractivity contribution in [3.63, 3.8) is 0 Å². The Bertz CT molecular complexity index is 1040. The molecule has 5 rings (SSSR count). The summed E-state index contributed by atoms with van der Waals surface area (Å²) in [6, 6.07) is 10.6. The quantitative estimate of drug-likeness (QED) is 0.760. The van der Waals surface area contributed by atoms with E-state index >= 15 is 0 Å². The van der Waals surface area contributed by atoms with E-state index in [4.69, 9.17) is 4.74 Å². The fourth-order valence-electron chi connectivity index (χ4n) is 4.60. The van der Waals surface area contributed by atoms with Crippen LogP contribution in [0.4, 0.5) is 10.1 Å². The summed E-state index contributed by atoms with van der Waals surface area (Å²) in [4.78, 5) is 15.0. The number of halogens is 1. The van der Waals surface area contributed by atoms with E-state index in [1.807, 2.05) is 13.0 Å². The van der Waals surface area contributed by atoms with Crippen LogP contribution in [0.1, 0.15) is 48.1 Å². The van der Waals surface area contributed by atoms with Gasteiger partial charge in [0.15, 0.2) is 0 Å². The SMILES string of the molecule is CC1O/C(=C2/C(=O)Nc3ccc(F)cc32)c2ccc(CCN3CCC(O)CC3)cc21. The Morgan fingerprint density at radius 3 is 2.77 bits per heavy atom. The molecule has 0 spiro atoms. The minimum Gasteiger partial charge on any atom is -0.484 e. The molecule has 1 fully saturated rings. The van der Waals surface area contributed by atoms with Gasteiger partial charge in [-0.3, -0.25) is 4.79 Å². The van der Waals surface area contributed by atoms with Crippen molar-refractivity contribution in [2.24, 2.45) is 0 Å². The second kappa shape index (κ2) is 7.52. The number of likely N-dealkylation sites (tertiary alicyclic amines) is 1. The summed E-state index contributed by atoms with van der Waals surface area (Å²) < 4.78 is 19.9. The minimum absolute atomic E-state index is 0.155. The molecule has 3 heterocycles. The van der Waals surface area contributed by atoms with Crippen molar-refractivity contribution in [3.05, 3.63) is 64.5 Å². The van der Waals surface area contributed by atoms with Crippen LogP contribution >= 0.6 is 0 Å². The van der Waals surface area contributed by atoms with Crippen LogP contribution in [0, 0.1) is 5.82 Å². The van der Waals surface area contributed by atoms with Crippen LogP contribution in [0.3, 0.4) is 0 Å². The molecule has 3 aliphatic heterocycles. The van der Waals surface area contributed by atoms with Crippen LogP contribution in [0.15, 0.2) is 36.4 Å². The molecular formula is C24H25FN2O3. The number of amides is 1. The number of benzene rings is 2. The fourth-order valence-corrected chi connectivity index (χ4v) is 4.60. The molecular weight excluding hydrogens is 383 g/mol. The molecule has 1 unspecified atom stereocenters. The number of fused-ring (bicyclic) bond motifs is 2. The first-order valence-electron chi connectivity index (χ1n) is 10.6. The molecule has 0 aromatic heterocycles. The van der Waals surface area contributed by atoms with Crippen molar-refractivity contribution in [3.8, 4) is 0 Å². The van der Waals surface area contributed by atoms with Crippen LogP contribution in [-0.2, 0) is 16.0 Å². The van der Waals surface area contributed by atoms with E-state index in [9.17, 15) is 14.3 Å². The lowest BCUT2D eigenvalue weighted by Crippen LogP contribution is -2.37. The van der Waals surface area contributed by atoms with Crippen molar-refractivity contribution in [2.45, 2.75) is 38.4 Å². The lowest BCUT2D eigenvalue weighted by Gasteiger charge is -2.29. The molecule has 0 aliphatic carbocycles. The zero-order chi connectivity index (χ0) is 20.8. The first kappa shape index (κ1) is 19.3. The Morgan fingerprint density at radius 2 is 1.97 bits per heavy atom. The van der Waals surface area contributed by atoms with E-state index < -0.39 is 0 Å². The van der Waals surface area contributed by atoms with E-state index in [0.29, 0.717) is 22.6 Å². The average molecular weight is 408 g/mol. The molecule has 0 radical (unpaired) electrons. The van der Waals surface area contributed by atoms with Crippen LogP contribution in [0.2, 0.25) is 0 Å². The molecule has 1 amide bonds. The number of nitrogens with one attached hydrogen (secondary N) is 1. The van der Waals surface area contributed by atoms with Gasteiger partial charge in [-0.25, -0.2) is 4.39 Å². The Hall–Kier alpha value is -2.70. The highest BCUT2D eigenvalue weighted by Crippen LogP contribution is 2.45. The molecule has 2 aromatic carbocycles. The Labute approximate surface area is 175 Å². The highest BCUT2D eigenvalue weighted by Gasteiger charge is 2.35. The van der Waals surface area contributed by atoms with E-state index in [2.05, 4.69) is 22.3 Å². The van der Waals surface area contributed by atoms with E-state index in [0.717, 1.165) is 50.0 Å². The number of carbonyl (C=O) groups is 1. The predicted molar refractivity (Wildman–Crippen MR) is 113 cm³/mol. The normalized spacial score (nSPS) is 23.8. The third-order valence-electron chi connectivity index (χ3n) is 6.32. The molecule has 30 heavy (non-hydrogen) atoms. The Balaban J connectivity index is 1.42. The van der Waals surface area contributed by atoms with Gasteiger partial charge in [-0.1, -0.05) is 18.2 Å². The molecule has 156 valence electrons. The molecule has 5 nitrogen and oxygen atoms in total. The summed E-state index contributed by atoms with van der Waals surface area (Å²) in [6.45, 7) is 4.81. The van der Waals surface area contributed by atoms with Gasteiger partial charge in [0.1, 0.15) is 17.7 Å². The van der Waals surface area contributed by atoms with Crippen LogP contribution in [-0.4, -0.2) is 41.7 Å². The number of aliphatic hydroxyl groups is 1. The first-order chi connectivity index (χ1) is 14.5. The second-order valence-electron chi connectivity index (χ2n) is 8.35. The van der Waals surface area contributed by atoms with Gasteiger partial charge in [0, 0.05) is 42.0 Å². The molecule has 1 atom stereocenters. The molecule has 3 aliphatic rings. The topological polar surface area (TPSA) is 61.8 Å². The molecule has 0 bridgehead atoms. The molecule has 0 saturated carbocycles. The third-order valence-corrected chi connectivity index (χ3v) is 6.32. The van der Waals surface area contributed by atoms with Gasteiger partial charge in [-0.15, -0.1) is 0 Å². The maximum atomic E-state index is 13.8. The summed E-state index contributed by atoms with van der Waals surface area (Å²) in [7, 11) is 0. The monoisotopic (exact) mass is 408 g/mol. The van der Waals surface area contributed by atoms with Gasteiger partial charge < -0.3 is 20.1 Å². The predicted octanol–water partition coefficient (Wildman–Crippen LogP) is 3.74. The molecule has 1 saturated heterocycles. The van der Waals surface area contributed by atoms with Crippen molar-refractivity contribution in [1.29, 1.82) is 0 Å². The molecule has 2 aromatic rings. The molecule has 2 N–H and O–H groups in total. The first-order valence-corrected chi connectivity index (χ1v) is 10.6. The summed E-state index contributed by atoms with van der Waals surface area (Å²) in [5.41, 5.74) is 4.73. The highest BCUT2D eigenvalue weighted by molar-refractivity contribution is 6.36. The van der Waals surface area contributed by atoms with Crippen molar-refractivity contribution < 1.29 is 19.0 Å². The van der Waals surface area contributed by atoms with Crippen LogP contribution in [0.5, 0.6) is 0 Å². The number of carbonyl (C=O) groups excluding carboxylic acids is 1. The number of nitrogens with zero attached hydrogens (tertiary/aromatic N) is 1. The smallest absolute Gasteiger partial charge is 0.260 e. The van der Waals surface area contributed by atoms with E-state index in [1.54, 1.807) is 6.07 Å². The second-order valence-corrected chi connectivity index (χ2v) is 8.35. The number of aliphatic hydroxyl groups excluding tert-OH is 1. The standard InChI is InChI=1S/C24H25FN2O3/c1-14-19-12-15(6-9-27-10-7-17(28)8-11-27)2-4-18(19)23(30-14)22-20-13-16(25)3-5-21(20)26-24(22)29/h2-5,12-14,17,28H,6-11H2,1H3,(H,26,29)/b23-22+. The number of piperidine rings is 1. The average Bonchev–Trinajstić information content (AvgIpc) is 3.22. The fraction of sp³-hybridized carbons (Fsp3) is 0.375. The van der Waals surface area contributed by atoms with E-state index in [1.165, 1.54) is 17.7 Å². The lowest BCUT2D eigenvalue weighted by molar-refractivity contribution is -0.110. The van der Waals surface area contributed by atoms with Gasteiger partial charge in [-0.05, 0) is 49.9 Å². The maximum Gasteiger partial charge on any atom is 0.260 e. The van der Waals surface area contributed by atoms with Gasteiger partial charge in [0.2, 0.25) is 0 Å². The van der Waals surface area contributed by atoms with Gasteiger partial charge >= 0.3 is 0 Å². The zero-order valence-corrected chi connectivity index (χ0v) is 17.0. The number of hydrogen-bond acceptors (Lipinski definition) is 4. The maximum absolute atomic E-state index is 13.8. The van der Waals surface area contributed by atoms with Crippen molar-refractivity contribution >= 4 is 22.9 Å². The summed E-state index contributed by atoms with van der Waals surface area (Å²) >= 11 is 0. The van der Waals surface area contributed by atoms with Gasteiger partial charge in [-0.2, -0.15) is 0 Å². The van der Waals surface area contributed by atoms with Gasteiger partial charge in [0.05, 0.1) is 11.7 Å². The third kappa shape index (κ3) is 3.40. The number of ether oxygens (including phenoxy) is 1. The lowest BCUT2D eigenvalue weighted by atomic mass is 9.96. The zero-order valence-electron chi connectivity index (χ0n) is 17.0. The largest absolute Gasteiger partial charge is 0.484 e.